The Morgan fingerprint density at radius 1 is 0.673 bits per heavy atom. The number of pyridine rings is 2. The van der Waals surface area contributed by atoms with Crippen LogP contribution in [0.3, 0.4) is 0 Å². The average molecular weight is 943 g/mol. The van der Waals surface area contributed by atoms with Crippen LogP contribution in [-0.4, -0.2) is 31.3 Å². The number of benzene rings is 4. The second kappa shape index (κ2) is 17.6. The summed E-state index contributed by atoms with van der Waals surface area (Å²) in [5.74, 6) is 7.51. The molecule has 0 saturated heterocycles. The van der Waals surface area contributed by atoms with Crippen molar-refractivity contribution in [3.05, 3.63) is 144 Å². The normalized spacial score (nSPS) is 12.7. The summed E-state index contributed by atoms with van der Waals surface area (Å²) in [4.78, 5) is 9.15. The molecule has 0 aliphatic carbocycles. The fourth-order valence-corrected chi connectivity index (χ4v) is 9.44. The van der Waals surface area contributed by atoms with Crippen molar-refractivity contribution in [2.45, 2.75) is 83.3 Å². The molecule has 0 fully saturated rings. The standard InChI is InChI=1S/C33H38GeN.C14H16NSi.Ir/c1-22(2)29-18-27(25-12-10-9-11-13-25)19-30(23(3)4)33(29)31-20-32(35-21-24(31)5)26-14-16-28(17-15-26)34(6,7)8;1-16(2,3)13-9-10-14(15-11-13)12-7-5-4-6-8-12;/h9-14,16-23H,1-8H3;4-7,9-11H,1-3H3;/q2*-1;/i5D3;;. The van der Waals surface area contributed by atoms with Crippen LogP contribution >= 0.6 is 0 Å². The molecule has 52 heavy (non-hydrogen) atoms. The SMILES string of the molecule is C[Si](C)(C)c1ccc(-c2[c-]cccc2)nc1.[2H]C([2H])([2H])c1cnc(-c2[c-]c[c]([Ge]([CH3])([CH3])[CH3])cc2)cc1-c1c(C(C)C)cc(-c2ccccc2)cc1C(C)C.[Ir]. The molecule has 1 radical (unpaired) electrons. The van der Waals surface area contributed by atoms with E-state index in [0.29, 0.717) is 5.56 Å². The quantitative estimate of drug-likeness (QED) is 0.112. The zero-order valence-electron chi connectivity index (χ0n) is 35.4. The van der Waals surface area contributed by atoms with Crippen LogP contribution in [0.15, 0.2) is 116 Å². The van der Waals surface area contributed by atoms with E-state index >= 15 is 0 Å². The molecule has 0 spiro atoms. The Morgan fingerprint density at radius 3 is 1.81 bits per heavy atom. The number of hydrogen-bond acceptors (Lipinski definition) is 2. The predicted octanol–water partition coefficient (Wildman–Crippen LogP) is 12.1. The van der Waals surface area contributed by atoms with Crippen LogP contribution in [0.1, 0.15) is 60.3 Å². The molecule has 2 nitrogen and oxygen atoms in total. The minimum Gasteiger partial charge on any atom is 0 e. The van der Waals surface area contributed by atoms with E-state index in [1.165, 1.54) is 9.58 Å². The maximum atomic E-state index is 8.36. The first kappa shape index (κ1) is 36.9. The third kappa shape index (κ3) is 10.2. The van der Waals surface area contributed by atoms with Crippen molar-refractivity contribution in [2.24, 2.45) is 0 Å². The van der Waals surface area contributed by atoms with Gasteiger partial charge in [0.2, 0.25) is 0 Å². The number of aromatic nitrogens is 2. The second-order valence-corrected chi connectivity index (χ2v) is 31.7. The van der Waals surface area contributed by atoms with Crippen molar-refractivity contribution in [3.63, 3.8) is 0 Å². The van der Waals surface area contributed by atoms with Crippen molar-refractivity contribution in [3.8, 4) is 44.8 Å². The van der Waals surface area contributed by atoms with Crippen molar-refractivity contribution >= 4 is 30.9 Å². The molecule has 0 N–H and O–H groups in total. The summed E-state index contributed by atoms with van der Waals surface area (Å²) in [6, 6.07) is 42.1. The molecule has 2 aromatic heterocycles. The van der Waals surface area contributed by atoms with Gasteiger partial charge >= 0.3 is 189 Å². The zero-order valence-corrected chi connectivity index (χ0v) is 37.8. The van der Waals surface area contributed by atoms with Crippen LogP contribution in [0.4, 0.5) is 0 Å². The number of nitrogens with zero attached hydrogens (tertiary/aromatic N) is 2. The molecule has 0 aliphatic rings. The Morgan fingerprint density at radius 2 is 1.31 bits per heavy atom. The van der Waals surface area contributed by atoms with Crippen molar-refractivity contribution in [1.29, 1.82) is 0 Å². The Balaban J connectivity index is 0.000000330. The van der Waals surface area contributed by atoms with Gasteiger partial charge in [0.05, 0.1) is 8.07 Å². The first-order chi connectivity index (χ1) is 25.3. The van der Waals surface area contributed by atoms with E-state index in [4.69, 9.17) is 4.11 Å². The van der Waals surface area contributed by atoms with Gasteiger partial charge in [-0.05, 0) is 10.9 Å². The molecule has 5 heteroatoms. The van der Waals surface area contributed by atoms with Gasteiger partial charge in [0, 0.05) is 26.3 Å². The van der Waals surface area contributed by atoms with E-state index in [0.717, 1.165) is 55.9 Å². The van der Waals surface area contributed by atoms with Gasteiger partial charge in [-0.15, -0.1) is 35.9 Å². The van der Waals surface area contributed by atoms with Gasteiger partial charge in [-0.3, -0.25) is 0 Å². The molecule has 0 unspecified atom stereocenters. The Labute approximate surface area is 335 Å². The van der Waals surface area contributed by atoms with Gasteiger partial charge in [0.25, 0.3) is 0 Å². The van der Waals surface area contributed by atoms with Crippen molar-refractivity contribution < 1.29 is 24.2 Å². The molecule has 2 heterocycles. The molecule has 0 saturated carbocycles. The molecule has 6 aromatic rings. The summed E-state index contributed by atoms with van der Waals surface area (Å²) >= 11 is -1.97. The van der Waals surface area contributed by atoms with Crippen molar-refractivity contribution in [1.82, 2.24) is 9.97 Å². The summed E-state index contributed by atoms with van der Waals surface area (Å²) in [7, 11) is -1.23. The zero-order chi connectivity index (χ0) is 39.4. The molecule has 6 rings (SSSR count). The van der Waals surface area contributed by atoms with Gasteiger partial charge in [-0.1, -0.05) is 62.1 Å². The summed E-state index contributed by atoms with van der Waals surface area (Å²) in [6.07, 6.45) is 3.57. The topological polar surface area (TPSA) is 25.8 Å². The minimum absolute atomic E-state index is 0. The molecular weight excluding hydrogens is 885 g/mol. The molecule has 4 aromatic carbocycles. The maximum absolute atomic E-state index is 8.36. The molecular formula is C47H54GeIrN2Si-2. The molecule has 0 atom stereocenters. The van der Waals surface area contributed by atoms with Crippen LogP contribution in [-0.2, 0) is 20.1 Å². The van der Waals surface area contributed by atoms with Gasteiger partial charge < -0.3 is 4.98 Å². The summed E-state index contributed by atoms with van der Waals surface area (Å²) in [5, 5.41) is 1.40. The number of hydrogen-bond donors (Lipinski definition) is 0. The van der Waals surface area contributed by atoms with E-state index in [1.807, 2.05) is 42.6 Å². The fourth-order valence-electron chi connectivity index (χ4n) is 6.12. The van der Waals surface area contributed by atoms with E-state index in [-0.39, 0.29) is 31.9 Å². The first-order valence-corrected chi connectivity index (χ1v) is 28.9. The van der Waals surface area contributed by atoms with E-state index in [2.05, 4.69) is 153 Å². The fraction of sp³-hybridized carbons (Fsp3) is 0.277. The Hall–Kier alpha value is -3.41. The van der Waals surface area contributed by atoms with Gasteiger partial charge in [0.1, 0.15) is 0 Å². The van der Waals surface area contributed by atoms with Gasteiger partial charge in [0.15, 0.2) is 0 Å². The molecule has 0 bridgehead atoms. The summed E-state index contributed by atoms with van der Waals surface area (Å²) < 4.78 is 26.5. The smallest absolute Gasteiger partial charge is 0 e. The Kier molecular flexibility index (Phi) is 12.5. The third-order valence-corrected chi connectivity index (χ3v) is 15.6. The number of rotatable bonds is 8. The number of aryl methyl sites for hydroxylation is 1. The summed E-state index contributed by atoms with van der Waals surface area (Å²) in [6.45, 7) is 13.4. The van der Waals surface area contributed by atoms with Crippen molar-refractivity contribution in [2.75, 3.05) is 0 Å². The molecule has 271 valence electrons. The van der Waals surface area contributed by atoms with Crippen LogP contribution in [0.5, 0.6) is 0 Å². The largest absolute Gasteiger partial charge is 0 e. The van der Waals surface area contributed by atoms with Gasteiger partial charge in [-0.25, -0.2) is 0 Å². The van der Waals surface area contributed by atoms with E-state index in [1.54, 1.807) is 6.20 Å². The Bertz CT molecular complexity index is 2130. The second-order valence-electron chi connectivity index (χ2n) is 16.0. The van der Waals surface area contributed by atoms with Crippen LogP contribution in [0.25, 0.3) is 44.8 Å². The van der Waals surface area contributed by atoms with Gasteiger partial charge in [-0.2, -0.15) is 0 Å². The molecule has 0 aliphatic heterocycles. The monoisotopic (exact) mass is 944 g/mol. The van der Waals surface area contributed by atoms with E-state index < -0.39 is 28.2 Å². The van der Waals surface area contributed by atoms with E-state index in [9.17, 15) is 0 Å². The maximum Gasteiger partial charge on any atom is 0 e. The average Bonchev–Trinajstić information content (AvgIpc) is 3.14. The third-order valence-electron chi connectivity index (χ3n) is 9.29. The summed E-state index contributed by atoms with van der Waals surface area (Å²) in [5.41, 5.74) is 10.4. The van der Waals surface area contributed by atoms with Crippen LogP contribution < -0.4 is 9.58 Å². The molecule has 0 amide bonds. The predicted molar refractivity (Wildman–Crippen MR) is 227 cm³/mol. The van der Waals surface area contributed by atoms with Crippen LogP contribution in [0, 0.1) is 19.0 Å². The minimum atomic E-state index is -2.28. The first-order valence-electron chi connectivity index (χ1n) is 19.5. The van der Waals surface area contributed by atoms with Crippen LogP contribution in [0.2, 0.25) is 36.9 Å².